The first kappa shape index (κ1) is 18.9. The third kappa shape index (κ3) is 3.91. The van der Waals surface area contributed by atoms with E-state index in [9.17, 15) is 0 Å². The molecule has 0 radical (unpaired) electrons. The fourth-order valence-corrected chi connectivity index (χ4v) is 3.91. The third-order valence-corrected chi connectivity index (χ3v) is 5.12. The predicted molar refractivity (Wildman–Crippen MR) is 99.4 cm³/mol. The highest BCUT2D eigenvalue weighted by Crippen LogP contribution is 2.42. The van der Waals surface area contributed by atoms with E-state index in [-0.39, 0.29) is 30.5 Å². The number of fused-ring (bicyclic) bond motifs is 1. The lowest BCUT2D eigenvalue weighted by Crippen LogP contribution is -2.40. The van der Waals surface area contributed by atoms with Gasteiger partial charge in [-0.3, -0.25) is 0 Å². The molecular formula is C21H28O6. The second kappa shape index (κ2) is 6.87. The van der Waals surface area contributed by atoms with Gasteiger partial charge < -0.3 is 28.4 Å². The summed E-state index contributed by atoms with van der Waals surface area (Å²) < 4.78 is 35.5. The molecule has 0 saturated carbocycles. The van der Waals surface area contributed by atoms with Crippen LogP contribution in [-0.4, -0.2) is 55.8 Å². The molecule has 1 aromatic rings. The van der Waals surface area contributed by atoms with Gasteiger partial charge in [-0.05, 0) is 45.4 Å². The normalized spacial score (nSPS) is 37.0. The lowest BCUT2D eigenvalue weighted by molar-refractivity contribution is -0.201. The summed E-state index contributed by atoms with van der Waals surface area (Å²) in [6, 6.07) is 7.88. The Labute approximate surface area is 160 Å². The molecule has 0 aliphatic carbocycles. The SMILES string of the molecule is COc1ccc(/C=C/[C@@H]2O[C@@H]([C@H]3COC(C)(C)O3)[C@H]3OC(C)(C)O[C@H]32)cc1. The first-order valence-electron chi connectivity index (χ1n) is 9.41. The monoisotopic (exact) mass is 376 g/mol. The van der Waals surface area contributed by atoms with Gasteiger partial charge in [0.1, 0.15) is 36.3 Å². The maximum Gasteiger partial charge on any atom is 0.164 e. The molecule has 0 aromatic heterocycles. The Morgan fingerprint density at radius 3 is 2.26 bits per heavy atom. The van der Waals surface area contributed by atoms with E-state index in [0.29, 0.717) is 6.61 Å². The predicted octanol–water partition coefficient (Wildman–Crippen LogP) is 3.15. The average molecular weight is 376 g/mol. The molecular weight excluding hydrogens is 348 g/mol. The van der Waals surface area contributed by atoms with Crippen LogP contribution < -0.4 is 4.74 Å². The molecule has 5 atom stereocenters. The van der Waals surface area contributed by atoms with Crippen LogP contribution in [-0.2, 0) is 23.7 Å². The molecule has 4 rings (SSSR count). The van der Waals surface area contributed by atoms with Crippen molar-refractivity contribution in [1.82, 2.24) is 0 Å². The summed E-state index contributed by atoms with van der Waals surface area (Å²) in [5.74, 6) is -0.409. The van der Waals surface area contributed by atoms with Gasteiger partial charge in [0.15, 0.2) is 11.6 Å². The minimum atomic E-state index is -0.640. The second-order valence-electron chi connectivity index (χ2n) is 8.13. The molecule has 0 amide bonds. The quantitative estimate of drug-likeness (QED) is 0.805. The summed E-state index contributed by atoms with van der Waals surface area (Å²) in [5.41, 5.74) is 1.07. The van der Waals surface area contributed by atoms with Gasteiger partial charge >= 0.3 is 0 Å². The van der Waals surface area contributed by atoms with E-state index in [1.54, 1.807) is 7.11 Å². The van der Waals surface area contributed by atoms with Crippen molar-refractivity contribution in [3.8, 4) is 5.75 Å². The van der Waals surface area contributed by atoms with E-state index in [0.717, 1.165) is 11.3 Å². The maximum absolute atomic E-state index is 6.30. The van der Waals surface area contributed by atoms with E-state index < -0.39 is 11.6 Å². The average Bonchev–Trinajstić information content (AvgIpc) is 3.23. The minimum Gasteiger partial charge on any atom is -0.497 e. The summed E-state index contributed by atoms with van der Waals surface area (Å²) in [6.45, 7) is 8.18. The topological polar surface area (TPSA) is 55.4 Å². The van der Waals surface area contributed by atoms with E-state index in [1.807, 2.05) is 64.1 Å². The molecule has 3 heterocycles. The Morgan fingerprint density at radius 2 is 1.63 bits per heavy atom. The molecule has 3 saturated heterocycles. The number of hydrogen-bond donors (Lipinski definition) is 0. The molecule has 148 valence electrons. The lowest BCUT2D eigenvalue weighted by atomic mass is 10.0. The van der Waals surface area contributed by atoms with Crippen molar-refractivity contribution in [3.05, 3.63) is 35.9 Å². The number of benzene rings is 1. The largest absolute Gasteiger partial charge is 0.497 e. The van der Waals surface area contributed by atoms with Gasteiger partial charge in [0.2, 0.25) is 0 Å². The number of rotatable bonds is 4. The third-order valence-electron chi connectivity index (χ3n) is 5.12. The molecule has 0 bridgehead atoms. The van der Waals surface area contributed by atoms with Crippen molar-refractivity contribution in [2.24, 2.45) is 0 Å². The standard InChI is InChI=1S/C21H28O6/c1-20(2)23-12-16(25-20)17-19-18(26-21(3,4)27-19)15(24-17)11-8-13-6-9-14(22-5)10-7-13/h6-11,15-19H,12H2,1-5H3/b11-8+/t15-,16+,17-,18-,19+/m0/s1. The summed E-state index contributed by atoms with van der Waals surface area (Å²) in [5, 5.41) is 0. The van der Waals surface area contributed by atoms with Crippen LogP contribution in [0, 0.1) is 0 Å². The van der Waals surface area contributed by atoms with Crippen LogP contribution in [0.4, 0.5) is 0 Å². The van der Waals surface area contributed by atoms with Crippen molar-refractivity contribution >= 4 is 6.08 Å². The van der Waals surface area contributed by atoms with Gasteiger partial charge in [-0.1, -0.05) is 24.3 Å². The molecule has 6 nitrogen and oxygen atoms in total. The Kier molecular flexibility index (Phi) is 4.81. The van der Waals surface area contributed by atoms with E-state index in [4.69, 9.17) is 28.4 Å². The number of hydrogen-bond acceptors (Lipinski definition) is 6. The summed E-state index contributed by atoms with van der Waals surface area (Å²) in [7, 11) is 1.66. The maximum atomic E-state index is 6.30. The molecule has 27 heavy (non-hydrogen) atoms. The van der Waals surface area contributed by atoms with Crippen molar-refractivity contribution in [2.75, 3.05) is 13.7 Å². The van der Waals surface area contributed by atoms with Crippen molar-refractivity contribution in [1.29, 1.82) is 0 Å². The van der Waals surface area contributed by atoms with Gasteiger partial charge in [0.05, 0.1) is 13.7 Å². The zero-order valence-electron chi connectivity index (χ0n) is 16.5. The number of methoxy groups -OCH3 is 1. The van der Waals surface area contributed by atoms with Gasteiger partial charge in [-0.25, -0.2) is 0 Å². The van der Waals surface area contributed by atoms with E-state index in [2.05, 4.69) is 0 Å². The highest BCUT2D eigenvalue weighted by Gasteiger charge is 2.58. The fourth-order valence-electron chi connectivity index (χ4n) is 3.91. The van der Waals surface area contributed by atoms with Crippen LogP contribution >= 0.6 is 0 Å². The van der Waals surface area contributed by atoms with Gasteiger partial charge in [-0.15, -0.1) is 0 Å². The Hall–Kier alpha value is -1.44. The van der Waals surface area contributed by atoms with Crippen molar-refractivity contribution < 1.29 is 28.4 Å². The zero-order valence-corrected chi connectivity index (χ0v) is 16.5. The highest BCUT2D eigenvalue weighted by atomic mass is 16.8. The molecule has 3 fully saturated rings. The van der Waals surface area contributed by atoms with Crippen LogP contribution in [0.15, 0.2) is 30.3 Å². The first-order chi connectivity index (χ1) is 12.8. The fraction of sp³-hybridized carbons (Fsp3) is 0.619. The molecule has 0 spiro atoms. The molecule has 0 N–H and O–H groups in total. The minimum absolute atomic E-state index is 0.174. The number of ether oxygens (including phenoxy) is 6. The summed E-state index contributed by atoms with van der Waals surface area (Å²) in [4.78, 5) is 0. The summed E-state index contributed by atoms with van der Waals surface area (Å²) in [6.07, 6.45) is 3.09. The highest BCUT2D eigenvalue weighted by molar-refractivity contribution is 5.51. The summed E-state index contributed by atoms with van der Waals surface area (Å²) >= 11 is 0. The Balaban J connectivity index is 1.51. The Morgan fingerprint density at radius 1 is 0.926 bits per heavy atom. The Bertz CT molecular complexity index is 695. The lowest BCUT2D eigenvalue weighted by Gasteiger charge is -2.26. The van der Waals surface area contributed by atoms with Gasteiger partial charge in [0, 0.05) is 0 Å². The van der Waals surface area contributed by atoms with Gasteiger partial charge in [0.25, 0.3) is 0 Å². The first-order valence-corrected chi connectivity index (χ1v) is 9.41. The van der Waals surface area contributed by atoms with Crippen LogP contribution in [0.5, 0.6) is 5.75 Å². The van der Waals surface area contributed by atoms with Crippen molar-refractivity contribution in [2.45, 2.75) is 69.8 Å². The van der Waals surface area contributed by atoms with Crippen LogP contribution in [0.25, 0.3) is 6.08 Å². The van der Waals surface area contributed by atoms with E-state index in [1.165, 1.54) is 0 Å². The van der Waals surface area contributed by atoms with E-state index >= 15 is 0 Å². The molecule has 3 aliphatic rings. The molecule has 1 aromatic carbocycles. The van der Waals surface area contributed by atoms with Crippen LogP contribution in [0.1, 0.15) is 33.3 Å². The zero-order chi connectivity index (χ0) is 19.2. The molecule has 3 aliphatic heterocycles. The van der Waals surface area contributed by atoms with Crippen molar-refractivity contribution in [3.63, 3.8) is 0 Å². The second-order valence-corrected chi connectivity index (χ2v) is 8.13. The van der Waals surface area contributed by atoms with Gasteiger partial charge in [-0.2, -0.15) is 0 Å². The smallest absolute Gasteiger partial charge is 0.164 e. The molecule has 0 unspecified atom stereocenters. The molecule has 6 heteroatoms. The van der Waals surface area contributed by atoms with Crippen LogP contribution in [0.2, 0.25) is 0 Å². The van der Waals surface area contributed by atoms with Crippen LogP contribution in [0.3, 0.4) is 0 Å².